The standard InChI is InChI=1S/C23H34N2O4/c1-23(2,3)20(22(28)29)25-21(27)19(17-12-8-5-9-13-17)24-18(26)15-14-16-10-6-4-7-11-16/h4,6-7,10-11,17,19-20H,5,8-9,12-15H2,1-3H3,(H,24,26)(H,25,27)(H,28,29). The predicted molar refractivity (Wildman–Crippen MR) is 112 cm³/mol. The van der Waals surface area contributed by atoms with Crippen molar-refractivity contribution in [1.82, 2.24) is 10.6 Å². The molecule has 0 heterocycles. The van der Waals surface area contributed by atoms with Crippen LogP contribution >= 0.6 is 0 Å². The van der Waals surface area contributed by atoms with Crippen LogP contribution in [0, 0.1) is 11.3 Å². The molecule has 0 saturated heterocycles. The molecule has 2 atom stereocenters. The average Bonchev–Trinajstić information content (AvgIpc) is 2.68. The third kappa shape index (κ3) is 7.18. The van der Waals surface area contributed by atoms with Crippen molar-refractivity contribution in [3.8, 4) is 0 Å². The Bertz CT molecular complexity index is 691. The zero-order valence-corrected chi connectivity index (χ0v) is 17.7. The Hall–Kier alpha value is -2.37. The van der Waals surface area contributed by atoms with E-state index < -0.39 is 29.4 Å². The molecule has 2 amide bonds. The van der Waals surface area contributed by atoms with Crippen molar-refractivity contribution in [1.29, 1.82) is 0 Å². The molecule has 0 radical (unpaired) electrons. The Balaban J connectivity index is 2.06. The number of aliphatic carboxylic acids is 1. The topological polar surface area (TPSA) is 95.5 Å². The minimum atomic E-state index is -1.07. The van der Waals surface area contributed by atoms with Crippen molar-refractivity contribution in [3.63, 3.8) is 0 Å². The summed E-state index contributed by atoms with van der Waals surface area (Å²) in [6.07, 6.45) is 5.81. The maximum atomic E-state index is 13.0. The van der Waals surface area contributed by atoms with E-state index in [0.717, 1.165) is 37.7 Å². The number of hydrogen-bond acceptors (Lipinski definition) is 3. The molecular formula is C23H34N2O4. The third-order valence-corrected chi connectivity index (χ3v) is 5.60. The summed E-state index contributed by atoms with van der Waals surface area (Å²) in [6, 6.07) is 8.04. The van der Waals surface area contributed by atoms with Crippen LogP contribution in [-0.4, -0.2) is 35.0 Å². The molecule has 0 spiro atoms. The molecular weight excluding hydrogens is 368 g/mol. The molecule has 1 aliphatic carbocycles. The molecule has 1 fully saturated rings. The average molecular weight is 403 g/mol. The Kier molecular flexibility index (Phi) is 8.23. The highest BCUT2D eigenvalue weighted by Crippen LogP contribution is 2.27. The maximum Gasteiger partial charge on any atom is 0.326 e. The van der Waals surface area contributed by atoms with E-state index in [1.165, 1.54) is 0 Å². The van der Waals surface area contributed by atoms with Gasteiger partial charge in [0.2, 0.25) is 11.8 Å². The summed E-state index contributed by atoms with van der Waals surface area (Å²) in [5.74, 6) is -1.60. The summed E-state index contributed by atoms with van der Waals surface area (Å²) < 4.78 is 0. The Morgan fingerprint density at radius 2 is 1.66 bits per heavy atom. The van der Waals surface area contributed by atoms with E-state index in [9.17, 15) is 19.5 Å². The van der Waals surface area contributed by atoms with E-state index >= 15 is 0 Å². The number of amides is 2. The van der Waals surface area contributed by atoms with Crippen molar-refractivity contribution in [2.75, 3.05) is 0 Å². The molecule has 2 unspecified atom stereocenters. The van der Waals surface area contributed by atoms with Crippen molar-refractivity contribution < 1.29 is 19.5 Å². The van der Waals surface area contributed by atoms with Gasteiger partial charge in [0.05, 0.1) is 0 Å². The molecule has 1 aromatic carbocycles. The lowest BCUT2D eigenvalue weighted by atomic mass is 9.82. The monoisotopic (exact) mass is 402 g/mol. The second-order valence-corrected chi connectivity index (χ2v) is 9.07. The van der Waals surface area contributed by atoms with Crippen LogP contribution in [0.4, 0.5) is 0 Å². The van der Waals surface area contributed by atoms with Gasteiger partial charge >= 0.3 is 5.97 Å². The van der Waals surface area contributed by atoms with Gasteiger partial charge in [-0.05, 0) is 36.2 Å². The van der Waals surface area contributed by atoms with E-state index in [2.05, 4.69) is 10.6 Å². The first-order valence-corrected chi connectivity index (χ1v) is 10.5. The predicted octanol–water partition coefficient (Wildman–Crippen LogP) is 3.30. The van der Waals surface area contributed by atoms with Gasteiger partial charge in [0.15, 0.2) is 0 Å². The largest absolute Gasteiger partial charge is 0.480 e. The molecule has 0 bridgehead atoms. The van der Waals surface area contributed by atoms with E-state index in [1.807, 2.05) is 30.3 Å². The molecule has 2 rings (SSSR count). The molecule has 0 aliphatic heterocycles. The van der Waals surface area contributed by atoms with Crippen LogP contribution in [-0.2, 0) is 20.8 Å². The van der Waals surface area contributed by atoms with Crippen LogP contribution in [0.3, 0.4) is 0 Å². The SMILES string of the molecule is CC(C)(C)C(NC(=O)C(NC(=O)CCc1ccccc1)C1CCCCC1)C(=O)O. The van der Waals surface area contributed by atoms with Crippen LogP contribution in [0.5, 0.6) is 0 Å². The van der Waals surface area contributed by atoms with Crippen molar-refractivity contribution in [2.45, 2.75) is 77.8 Å². The summed E-state index contributed by atoms with van der Waals surface area (Å²) in [7, 11) is 0. The van der Waals surface area contributed by atoms with Crippen LogP contribution in [0.15, 0.2) is 30.3 Å². The fraction of sp³-hybridized carbons (Fsp3) is 0.609. The van der Waals surface area contributed by atoms with E-state index in [0.29, 0.717) is 12.8 Å². The number of carboxylic acid groups (broad SMARTS) is 1. The molecule has 160 valence electrons. The third-order valence-electron chi connectivity index (χ3n) is 5.60. The first-order valence-electron chi connectivity index (χ1n) is 10.5. The number of benzene rings is 1. The highest BCUT2D eigenvalue weighted by Gasteiger charge is 2.37. The van der Waals surface area contributed by atoms with Crippen molar-refractivity contribution in [3.05, 3.63) is 35.9 Å². The van der Waals surface area contributed by atoms with Crippen molar-refractivity contribution >= 4 is 17.8 Å². The lowest BCUT2D eigenvalue weighted by Crippen LogP contribution is -2.57. The van der Waals surface area contributed by atoms with Gasteiger partial charge in [-0.15, -0.1) is 0 Å². The van der Waals surface area contributed by atoms with Gasteiger partial charge in [-0.25, -0.2) is 4.79 Å². The number of carbonyl (C=O) groups excluding carboxylic acids is 2. The lowest BCUT2D eigenvalue weighted by molar-refractivity contribution is -0.145. The van der Waals surface area contributed by atoms with Gasteiger partial charge < -0.3 is 15.7 Å². The number of rotatable bonds is 8. The Morgan fingerprint density at radius 1 is 1.03 bits per heavy atom. The maximum absolute atomic E-state index is 13.0. The van der Waals surface area contributed by atoms with Crippen LogP contribution in [0.1, 0.15) is 64.9 Å². The Labute approximate surface area is 173 Å². The number of carbonyl (C=O) groups is 3. The minimum absolute atomic E-state index is 0.0406. The van der Waals surface area contributed by atoms with Crippen LogP contribution in [0.25, 0.3) is 0 Å². The highest BCUT2D eigenvalue weighted by atomic mass is 16.4. The first-order chi connectivity index (χ1) is 13.7. The normalized spacial score (nSPS) is 17.2. The quantitative estimate of drug-likeness (QED) is 0.622. The second kappa shape index (κ2) is 10.4. The number of nitrogens with one attached hydrogen (secondary N) is 2. The zero-order valence-electron chi connectivity index (χ0n) is 17.7. The lowest BCUT2D eigenvalue weighted by Gasteiger charge is -2.33. The first kappa shape index (κ1) is 22.9. The highest BCUT2D eigenvalue weighted by molar-refractivity contribution is 5.91. The fourth-order valence-corrected chi connectivity index (χ4v) is 3.89. The number of aryl methyl sites for hydroxylation is 1. The second-order valence-electron chi connectivity index (χ2n) is 9.07. The van der Waals surface area contributed by atoms with Crippen molar-refractivity contribution in [2.24, 2.45) is 11.3 Å². The summed E-state index contributed by atoms with van der Waals surface area (Å²) in [6.45, 7) is 5.33. The van der Waals surface area contributed by atoms with Crippen LogP contribution in [0.2, 0.25) is 0 Å². The van der Waals surface area contributed by atoms with E-state index in [-0.39, 0.29) is 11.8 Å². The molecule has 6 heteroatoms. The molecule has 0 aromatic heterocycles. The van der Waals surface area contributed by atoms with Gasteiger partial charge in [0, 0.05) is 6.42 Å². The summed E-state index contributed by atoms with van der Waals surface area (Å²) >= 11 is 0. The molecule has 1 aliphatic rings. The summed E-state index contributed by atoms with van der Waals surface area (Å²) in [5.41, 5.74) is 0.440. The van der Waals surface area contributed by atoms with Gasteiger partial charge in [0.25, 0.3) is 0 Å². The van der Waals surface area contributed by atoms with Gasteiger partial charge in [0.1, 0.15) is 12.1 Å². The molecule has 1 saturated carbocycles. The molecule has 1 aromatic rings. The molecule has 6 nitrogen and oxygen atoms in total. The van der Waals surface area contributed by atoms with Crippen LogP contribution < -0.4 is 10.6 Å². The Morgan fingerprint density at radius 3 is 2.21 bits per heavy atom. The van der Waals surface area contributed by atoms with Gasteiger partial charge in [-0.2, -0.15) is 0 Å². The van der Waals surface area contributed by atoms with E-state index in [4.69, 9.17) is 0 Å². The van der Waals surface area contributed by atoms with Gasteiger partial charge in [-0.3, -0.25) is 9.59 Å². The number of carboxylic acids is 1. The minimum Gasteiger partial charge on any atom is -0.480 e. The smallest absolute Gasteiger partial charge is 0.326 e. The molecule has 3 N–H and O–H groups in total. The summed E-state index contributed by atoms with van der Waals surface area (Å²) in [5, 5.41) is 15.1. The number of hydrogen-bond donors (Lipinski definition) is 3. The van der Waals surface area contributed by atoms with Gasteiger partial charge in [-0.1, -0.05) is 70.4 Å². The zero-order chi connectivity index (χ0) is 21.4. The van der Waals surface area contributed by atoms with E-state index in [1.54, 1.807) is 20.8 Å². The summed E-state index contributed by atoms with van der Waals surface area (Å²) in [4.78, 5) is 37.3. The molecule has 29 heavy (non-hydrogen) atoms. The fourth-order valence-electron chi connectivity index (χ4n) is 3.89.